The zero-order valence-corrected chi connectivity index (χ0v) is 18.5. The Morgan fingerprint density at radius 2 is 1.83 bits per heavy atom. The quantitative estimate of drug-likeness (QED) is 0.625. The molecular formula is C21H29ClN4O4. The molecule has 8 nitrogen and oxygen atoms in total. The summed E-state index contributed by atoms with van der Waals surface area (Å²) < 4.78 is 16.0. The van der Waals surface area contributed by atoms with Gasteiger partial charge in [-0.1, -0.05) is 24.9 Å². The molecule has 1 amide bonds. The number of rotatable bonds is 8. The number of methoxy groups -OCH3 is 2. The van der Waals surface area contributed by atoms with Gasteiger partial charge in [0.05, 0.1) is 20.8 Å². The van der Waals surface area contributed by atoms with E-state index in [0.717, 1.165) is 55.4 Å². The molecule has 30 heavy (non-hydrogen) atoms. The molecule has 1 aliphatic heterocycles. The number of aromatic nitrogens is 2. The van der Waals surface area contributed by atoms with Gasteiger partial charge in [0.15, 0.2) is 22.5 Å². The Morgan fingerprint density at radius 3 is 2.47 bits per heavy atom. The van der Waals surface area contributed by atoms with Crippen LogP contribution in [0.5, 0.6) is 11.5 Å². The average molecular weight is 437 g/mol. The number of carbonyl (C=O) groups excluding carboxylic acids is 1. The molecule has 0 bridgehead atoms. The van der Waals surface area contributed by atoms with Gasteiger partial charge in [0.1, 0.15) is 0 Å². The lowest BCUT2D eigenvalue weighted by Crippen LogP contribution is -2.39. The lowest BCUT2D eigenvalue weighted by molar-refractivity contribution is 0.142. The molecule has 0 spiro atoms. The third kappa shape index (κ3) is 5.16. The number of nitrogens with zero attached hydrogens (tertiary/aromatic N) is 3. The molecule has 1 saturated heterocycles. The van der Waals surface area contributed by atoms with Gasteiger partial charge in [-0.05, 0) is 37.3 Å². The number of piperidine rings is 1. The van der Waals surface area contributed by atoms with Crippen molar-refractivity contribution < 1.29 is 19.0 Å². The summed E-state index contributed by atoms with van der Waals surface area (Å²) in [4.78, 5) is 13.9. The van der Waals surface area contributed by atoms with E-state index in [1.54, 1.807) is 14.2 Å². The SMILES string of the molecule is CCCCOC(=O)NCC1CCN(c2nnc(Cl)c3cc(OC)c(OC)cc23)CC1. The van der Waals surface area contributed by atoms with Gasteiger partial charge in [-0.15, -0.1) is 10.2 Å². The van der Waals surface area contributed by atoms with Gasteiger partial charge in [0, 0.05) is 30.4 Å². The van der Waals surface area contributed by atoms with Crippen LogP contribution >= 0.6 is 11.6 Å². The topological polar surface area (TPSA) is 85.8 Å². The number of fused-ring (bicyclic) bond motifs is 1. The van der Waals surface area contributed by atoms with Gasteiger partial charge in [0.25, 0.3) is 0 Å². The number of hydrogen-bond donors (Lipinski definition) is 1. The minimum atomic E-state index is -0.332. The standard InChI is InChI=1S/C21H29ClN4O4/c1-4-5-10-30-21(27)23-13-14-6-8-26(9-7-14)20-16-12-18(29-3)17(28-2)11-15(16)19(22)24-25-20/h11-12,14H,4-10,13H2,1-3H3,(H,23,27). The number of benzene rings is 1. The highest BCUT2D eigenvalue weighted by Crippen LogP contribution is 2.38. The molecule has 3 rings (SSSR count). The van der Waals surface area contributed by atoms with Crippen LogP contribution in [0.3, 0.4) is 0 Å². The minimum Gasteiger partial charge on any atom is -0.493 e. The van der Waals surface area contributed by atoms with E-state index in [9.17, 15) is 4.79 Å². The second-order valence-corrected chi connectivity index (χ2v) is 7.73. The Labute approximate surface area is 181 Å². The first-order chi connectivity index (χ1) is 14.6. The summed E-state index contributed by atoms with van der Waals surface area (Å²) in [7, 11) is 3.19. The molecule has 9 heteroatoms. The molecule has 2 heterocycles. The maximum atomic E-state index is 11.7. The van der Waals surface area contributed by atoms with Crippen LogP contribution in [0.25, 0.3) is 10.8 Å². The van der Waals surface area contributed by atoms with E-state index in [-0.39, 0.29) is 6.09 Å². The molecule has 0 aliphatic carbocycles. The van der Waals surface area contributed by atoms with E-state index in [0.29, 0.717) is 35.7 Å². The number of hydrogen-bond acceptors (Lipinski definition) is 7. The summed E-state index contributed by atoms with van der Waals surface area (Å²) in [6.07, 6.45) is 3.44. The fourth-order valence-corrected chi connectivity index (χ4v) is 3.80. The van der Waals surface area contributed by atoms with Crippen LogP contribution in [0.2, 0.25) is 5.15 Å². The number of carbonyl (C=O) groups is 1. The van der Waals surface area contributed by atoms with Crippen molar-refractivity contribution in [3.05, 3.63) is 17.3 Å². The fourth-order valence-electron chi connectivity index (χ4n) is 3.60. The van der Waals surface area contributed by atoms with E-state index >= 15 is 0 Å². The normalized spacial score (nSPS) is 14.6. The van der Waals surface area contributed by atoms with Crippen LogP contribution in [-0.4, -0.2) is 56.8 Å². The zero-order valence-electron chi connectivity index (χ0n) is 17.7. The van der Waals surface area contributed by atoms with Gasteiger partial charge in [0.2, 0.25) is 0 Å². The number of unbranched alkanes of at least 4 members (excludes halogenated alkanes) is 1. The van der Waals surface area contributed by atoms with Crippen molar-refractivity contribution in [1.82, 2.24) is 15.5 Å². The van der Waals surface area contributed by atoms with Crippen LogP contribution < -0.4 is 19.7 Å². The third-order valence-electron chi connectivity index (χ3n) is 5.40. The summed E-state index contributed by atoms with van der Waals surface area (Å²) in [5.41, 5.74) is 0. The first kappa shape index (κ1) is 22.2. The van der Waals surface area contributed by atoms with Gasteiger partial charge < -0.3 is 24.4 Å². The Kier molecular flexibility index (Phi) is 7.79. The summed E-state index contributed by atoms with van der Waals surface area (Å²) in [5.74, 6) is 2.40. The maximum Gasteiger partial charge on any atom is 0.407 e. The summed E-state index contributed by atoms with van der Waals surface area (Å²) in [5, 5.41) is 13.3. The monoisotopic (exact) mass is 436 g/mol. The number of alkyl carbamates (subject to hydrolysis) is 1. The molecule has 1 fully saturated rings. The fraction of sp³-hybridized carbons (Fsp3) is 0.571. The first-order valence-corrected chi connectivity index (χ1v) is 10.7. The van der Waals surface area contributed by atoms with Crippen molar-refractivity contribution in [1.29, 1.82) is 0 Å². The number of nitrogens with one attached hydrogen (secondary N) is 1. The maximum absolute atomic E-state index is 11.7. The molecule has 0 atom stereocenters. The van der Waals surface area contributed by atoms with Gasteiger partial charge in [-0.25, -0.2) is 4.79 Å². The molecule has 0 unspecified atom stereocenters. The highest BCUT2D eigenvalue weighted by molar-refractivity contribution is 6.34. The van der Waals surface area contributed by atoms with E-state index in [1.807, 2.05) is 12.1 Å². The van der Waals surface area contributed by atoms with E-state index in [1.165, 1.54) is 0 Å². The minimum absolute atomic E-state index is 0.329. The van der Waals surface area contributed by atoms with Crippen LogP contribution in [-0.2, 0) is 4.74 Å². The Hall–Kier alpha value is -2.48. The van der Waals surface area contributed by atoms with E-state index < -0.39 is 0 Å². The van der Waals surface area contributed by atoms with Gasteiger partial charge in [-0.2, -0.15) is 0 Å². The number of ether oxygens (including phenoxy) is 3. The lowest BCUT2D eigenvalue weighted by Gasteiger charge is -2.33. The van der Waals surface area contributed by atoms with Crippen LogP contribution in [0, 0.1) is 5.92 Å². The smallest absolute Gasteiger partial charge is 0.407 e. The third-order valence-corrected chi connectivity index (χ3v) is 5.68. The predicted molar refractivity (Wildman–Crippen MR) is 117 cm³/mol. The van der Waals surface area contributed by atoms with Crippen molar-refractivity contribution >= 4 is 34.3 Å². The van der Waals surface area contributed by atoms with Crippen molar-refractivity contribution in [2.75, 3.05) is 45.4 Å². The molecule has 1 aromatic carbocycles. The predicted octanol–water partition coefficient (Wildman–Crippen LogP) is 4.04. The largest absolute Gasteiger partial charge is 0.493 e. The molecule has 164 valence electrons. The molecule has 0 saturated carbocycles. The second-order valence-electron chi connectivity index (χ2n) is 7.37. The van der Waals surface area contributed by atoms with Crippen molar-refractivity contribution in [3.63, 3.8) is 0 Å². The molecular weight excluding hydrogens is 408 g/mol. The summed E-state index contributed by atoms with van der Waals surface area (Å²) in [6, 6.07) is 3.72. The summed E-state index contributed by atoms with van der Waals surface area (Å²) in [6.45, 7) is 4.79. The Morgan fingerprint density at radius 1 is 1.17 bits per heavy atom. The van der Waals surface area contributed by atoms with Crippen LogP contribution in [0.4, 0.5) is 10.6 Å². The zero-order chi connectivity index (χ0) is 21.5. The average Bonchev–Trinajstić information content (AvgIpc) is 2.78. The Balaban J connectivity index is 1.65. The highest BCUT2D eigenvalue weighted by Gasteiger charge is 2.24. The Bertz CT molecular complexity index is 872. The van der Waals surface area contributed by atoms with E-state index in [4.69, 9.17) is 25.8 Å². The van der Waals surface area contributed by atoms with Crippen LogP contribution in [0.15, 0.2) is 12.1 Å². The van der Waals surface area contributed by atoms with Crippen molar-refractivity contribution in [2.45, 2.75) is 32.6 Å². The highest BCUT2D eigenvalue weighted by atomic mass is 35.5. The van der Waals surface area contributed by atoms with E-state index in [2.05, 4.69) is 27.3 Å². The molecule has 0 radical (unpaired) electrons. The molecule has 1 aliphatic rings. The van der Waals surface area contributed by atoms with Crippen molar-refractivity contribution in [2.24, 2.45) is 5.92 Å². The first-order valence-electron chi connectivity index (χ1n) is 10.3. The second kappa shape index (κ2) is 10.5. The number of anilines is 1. The summed E-state index contributed by atoms with van der Waals surface area (Å²) >= 11 is 6.29. The van der Waals surface area contributed by atoms with Crippen molar-refractivity contribution in [3.8, 4) is 11.5 Å². The number of halogens is 1. The van der Waals surface area contributed by atoms with Crippen LogP contribution in [0.1, 0.15) is 32.6 Å². The lowest BCUT2D eigenvalue weighted by atomic mass is 9.96. The van der Waals surface area contributed by atoms with Gasteiger partial charge in [-0.3, -0.25) is 0 Å². The van der Waals surface area contributed by atoms with Gasteiger partial charge >= 0.3 is 6.09 Å². The molecule has 1 N–H and O–H groups in total. The molecule has 1 aromatic heterocycles. The number of amides is 1. The molecule has 2 aromatic rings.